The van der Waals surface area contributed by atoms with E-state index in [2.05, 4.69) is 4.90 Å². The lowest BCUT2D eigenvalue weighted by Crippen LogP contribution is -2.55. The van der Waals surface area contributed by atoms with Crippen molar-refractivity contribution in [2.45, 2.75) is 38.3 Å². The van der Waals surface area contributed by atoms with Crippen molar-refractivity contribution < 1.29 is 4.79 Å². The van der Waals surface area contributed by atoms with Crippen LogP contribution in [0.2, 0.25) is 0 Å². The Morgan fingerprint density at radius 2 is 1.87 bits per heavy atom. The van der Waals surface area contributed by atoms with Crippen molar-refractivity contribution >= 4 is 5.91 Å². The molecule has 2 fully saturated rings. The number of carbonyl (C=O) groups excluding carboxylic acids is 1. The van der Waals surface area contributed by atoms with E-state index in [0.717, 1.165) is 32.2 Å². The highest BCUT2D eigenvalue weighted by molar-refractivity contribution is 5.81. The Morgan fingerprint density at radius 1 is 1.27 bits per heavy atom. The topological polar surface area (TPSA) is 49.6 Å². The molecule has 2 aliphatic rings. The lowest BCUT2D eigenvalue weighted by atomic mass is 9.91. The number of nitrogens with two attached hydrogens (primary N) is 1. The predicted octanol–water partition coefficient (Wildman–Crippen LogP) is 0.0303. The number of piperazine rings is 1. The quantitative estimate of drug-likeness (QED) is 0.701. The summed E-state index contributed by atoms with van der Waals surface area (Å²) in [6.45, 7) is 5.54. The molecule has 0 spiro atoms. The molecule has 4 nitrogen and oxygen atoms in total. The van der Waals surface area contributed by atoms with E-state index >= 15 is 0 Å². The summed E-state index contributed by atoms with van der Waals surface area (Å²) in [6, 6.07) is 0.456. The number of nitrogens with zero attached hydrogens (tertiary/aromatic N) is 2. The van der Waals surface area contributed by atoms with Crippen LogP contribution in [0.5, 0.6) is 0 Å². The largest absolute Gasteiger partial charge is 0.339 e. The molecule has 1 heterocycles. The van der Waals surface area contributed by atoms with Gasteiger partial charge in [0.1, 0.15) is 0 Å². The van der Waals surface area contributed by atoms with Gasteiger partial charge in [0, 0.05) is 32.2 Å². The second kappa shape index (κ2) is 4.49. The smallest absolute Gasteiger partial charge is 0.239 e. The molecule has 1 atom stereocenters. The van der Waals surface area contributed by atoms with Crippen LogP contribution < -0.4 is 5.73 Å². The number of carbonyl (C=O) groups is 1. The zero-order valence-electron chi connectivity index (χ0n) is 9.48. The van der Waals surface area contributed by atoms with E-state index in [1.165, 1.54) is 19.3 Å². The van der Waals surface area contributed by atoms with Gasteiger partial charge in [-0.25, -0.2) is 0 Å². The third kappa shape index (κ3) is 2.32. The molecule has 2 rings (SSSR count). The standard InChI is InChI=1S/C11H21N3O/c1-9(12)11(15)14-7-5-13(6-8-14)10-3-2-4-10/h9-10H,2-8,12H2,1H3/t9-/m1/s1. The van der Waals surface area contributed by atoms with Gasteiger partial charge in [0.25, 0.3) is 0 Å². The van der Waals surface area contributed by atoms with Gasteiger partial charge < -0.3 is 10.6 Å². The summed E-state index contributed by atoms with van der Waals surface area (Å²) >= 11 is 0. The first kappa shape index (κ1) is 10.9. The Balaban J connectivity index is 1.78. The van der Waals surface area contributed by atoms with Crippen molar-refractivity contribution in [2.75, 3.05) is 26.2 Å². The molecule has 4 heteroatoms. The van der Waals surface area contributed by atoms with Crippen LogP contribution in [0.3, 0.4) is 0 Å². The van der Waals surface area contributed by atoms with Crippen molar-refractivity contribution in [3.8, 4) is 0 Å². The van der Waals surface area contributed by atoms with E-state index in [9.17, 15) is 4.79 Å². The molecule has 86 valence electrons. The molecule has 0 unspecified atom stereocenters. The van der Waals surface area contributed by atoms with Crippen molar-refractivity contribution in [3.05, 3.63) is 0 Å². The van der Waals surface area contributed by atoms with Gasteiger partial charge in [-0.3, -0.25) is 9.69 Å². The first-order valence-corrected chi connectivity index (χ1v) is 5.97. The van der Waals surface area contributed by atoms with E-state index < -0.39 is 0 Å². The summed E-state index contributed by atoms with van der Waals surface area (Å²) in [5.41, 5.74) is 5.59. The van der Waals surface area contributed by atoms with Gasteiger partial charge >= 0.3 is 0 Å². The average molecular weight is 211 g/mol. The molecule has 1 aliphatic carbocycles. The molecule has 0 aromatic rings. The van der Waals surface area contributed by atoms with Crippen LogP contribution in [0.1, 0.15) is 26.2 Å². The van der Waals surface area contributed by atoms with Gasteiger partial charge in [-0.15, -0.1) is 0 Å². The highest BCUT2D eigenvalue weighted by Gasteiger charge is 2.29. The molecular formula is C11H21N3O. The Hall–Kier alpha value is -0.610. The average Bonchev–Trinajstić information content (AvgIpc) is 2.15. The highest BCUT2D eigenvalue weighted by Crippen LogP contribution is 2.25. The van der Waals surface area contributed by atoms with Gasteiger partial charge in [0.2, 0.25) is 5.91 Å². The summed E-state index contributed by atoms with van der Waals surface area (Å²) in [5.74, 6) is 0.100. The summed E-state index contributed by atoms with van der Waals surface area (Å²) in [4.78, 5) is 16.1. The monoisotopic (exact) mass is 211 g/mol. The van der Waals surface area contributed by atoms with Crippen LogP contribution in [0, 0.1) is 0 Å². The number of hydrogen-bond acceptors (Lipinski definition) is 3. The normalized spacial score (nSPS) is 26.1. The fourth-order valence-electron chi connectivity index (χ4n) is 2.35. The van der Waals surface area contributed by atoms with Crippen LogP contribution in [0.25, 0.3) is 0 Å². The van der Waals surface area contributed by atoms with Crippen molar-refractivity contribution in [2.24, 2.45) is 5.73 Å². The van der Waals surface area contributed by atoms with E-state index in [0.29, 0.717) is 0 Å². The minimum atomic E-state index is -0.347. The lowest BCUT2D eigenvalue weighted by Gasteiger charge is -2.43. The molecule has 15 heavy (non-hydrogen) atoms. The Bertz CT molecular complexity index is 230. The molecule has 1 aliphatic heterocycles. The zero-order chi connectivity index (χ0) is 10.8. The zero-order valence-corrected chi connectivity index (χ0v) is 9.48. The van der Waals surface area contributed by atoms with Gasteiger partial charge in [-0.1, -0.05) is 6.42 Å². The molecule has 0 aromatic heterocycles. The SMILES string of the molecule is C[C@@H](N)C(=O)N1CCN(C2CCC2)CC1. The van der Waals surface area contributed by atoms with Crippen molar-refractivity contribution in [1.82, 2.24) is 9.80 Å². The van der Waals surface area contributed by atoms with Gasteiger partial charge in [0.15, 0.2) is 0 Å². The summed E-state index contributed by atoms with van der Waals surface area (Å²) < 4.78 is 0. The molecule has 0 radical (unpaired) electrons. The van der Waals surface area contributed by atoms with E-state index in [-0.39, 0.29) is 11.9 Å². The van der Waals surface area contributed by atoms with Crippen LogP contribution in [-0.2, 0) is 4.79 Å². The Morgan fingerprint density at radius 3 is 2.27 bits per heavy atom. The minimum Gasteiger partial charge on any atom is -0.339 e. The Labute approximate surface area is 91.4 Å². The number of amides is 1. The van der Waals surface area contributed by atoms with Crippen LogP contribution in [-0.4, -0.2) is 54.0 Å². The minimum absolute atomic E-state index is 0.100. The number of hydrogen-bond donors (Lipinski definition) is 1. The summed E-state index contributed by atoms with van der Waals surface area (Å²) in [5, 5.41) is 0. The second-order valence-electron chi connectivity index (χ2n) is 4.73. The van der Waals surface area contributed by atoms with Gasteiger partial charge in [-0.2, -0.15) is 0 Å². The van der Waals surface area contributed by atoms with Crippen LogP contribution in [0.4, 0.5) is 0 Å². The molecule has 0 bridgehead atoms. The summed E-state index contributed by atoms with van der Waals surface area (Å²) in [7, 11) is 0. The molecule has 1 saturated carbocycles. The predicted molar refractivity (Wildman–Crippen MR) is 59.4 cm³/mol. The molecule has 1 saturated heterocycles. The fourth-order valence-corrected chi connectivity index (χ4v) is 2.35. The first-order chi connectivity index (χ1) is 7.18. The third-order valence-corrected chi connectivity index (χ3v) is 3.61. The second-order valence-corrected chi connectivity index (χ2v) is 4.73. The maximum atomic E-state index is 11.6. The first-order valence-electron chi connectivity index (χ1n) is 5.97. The van der Waals surface area contributed by atoms with Gasteiger partial charge in [-0.05, 0) is 19.8 Å². The molecular weight excluding hydrogens is 190 g/mol. The van der Waals surface area contributed by atoms with E-state index in [1.807, 2.05) is 4.90 Å². The van der Waals surface area contributed by atoms with Crippen molar-refractivity contribution in [3.63, 3.8) is 0 Å². The van der Waals surface area contributed by atoms with Crippen molar-refractivity contribution in [1.29, 1.82) is 0 Å². The number of rotatable bonds is 2. The third-order valence-electron chi connectivity index (χ3n) is 3.61. The lowest BCUT2D eigenvalue weighted by molar-refractivity contribution is -0.134. The maximum Gasteiger partial charge on any atom is 0.239 e. The fraction of sp³-hybridized carbons (Fsp3) is 0.909. The molecule has 1 amide bonds. The highest BCUT2D eigenvalue weighted by atomic mass is 16.2. The molecule has 0 aromatic carbocycles. The Kier molecular flexibility index (Phi) is 3.26. The maximum absolute atomic E-state index is 11.6. The summed E-state index contributed by atoms with van der Waals surface area (Å²) in [6.07, 6.45) is 4.08. The van der Waals surface area contributed by atoms with E-state index in [4.69, 9.17) is 5.73 Å². The molecule has 2 N–H and O–H groups in total. The van der Waals surface area contributed by atoms with E-state index in [1.54, 1.807) is 6.92 Å². The van der Waals surface area contributed by atoms with Crippen LogP contribution in [0.15, 0.2) is 0 Å². The van der Waals surface area contributed by atoms with Crippen LogP contribution >= 0.6 is 0 Å². The van der Waals surface area contributed by atoms with Gasteiger partial charge in [0.05, 0.1) is 6.04 Å².